The minimum Gasteiger partial charge on any atom is -0.335 e. The zero-order chi connectivity index (χ0) is 29.3. The molecule has 4 atom stereocenters. The lowest BCUT2D eigenvalue weighted by Crippen LogP contribution is -2.44. The van der Waals surface area contributed by atoms with Crippen LogP contribution in [0, 0.1) is 11.8 Å². The lowest BCUT2D eigenvalue weighted by atomic mass is 9.65. The first-order valence-corrected chi connectivity index (χ1v) is 16.4. The van der Waals surface area contributed by atoms with Crippen molar-refractivity contribution in [3.8, 4) is 0 Å². The number of benzene rings is 3. The summed E-state index contributed by atoms with van der Waals surface area (Å²) >= 11 is 0. The Morgan fingerprint density at radius 1 is 0.976 bits per heavy atom. The van der Waals surface area contributed by atoms with Crippen molar-refractivity contribution in [3.05, 3.63) is 82.9 Å². The van der Waals surface area contributed by atoms with Gasteiger partial charge in [-0.3, -0.25) is 4.79 Å². The summed E-state index contributed by atoms with van der Waals surface area (Å²) in [6.45, 7) is 4.88. The van der Waals surface area contributed by atoms with E-state index in [-0.39, 0.29) is 18.1 Å². The maximum absolute atomic E-state index is 12.4. The van der Waals surface area contributed by atoms with E-state index in [4.69, 9.17) is 5.73 Å². The Labute approximate surface area is 251 Å². The molecule has 5 heteroatoms. The molecule has 0 aromatic heterocycles. The number of hydrogen-bond donors (Lipinski definition) is 3. The quantitative estimate of drug-likeness (QED) is 0.243. The normalized spacial score (nSPS) is 27.3. The summed E-state index contributed by atoms with van der Waals surface area (Å²) in [7, 11) is 0. The van der Waals surface area contributed by atoms with Gasteiger partial charge in [-0.2, -0.15) is 0 Å². The molecule has 1 unspecified atom stereocenters. The van der Waals surface area contributed by atoms with Crippen LogP contribution in [0.2, 0.25) is 0 Å². The summed E-state index contributed by atoms with van der Waals surface area (Å²) in [5.74, 6) is 2.84. The number of amides is 2. The fourth-order valence-electron chi connectivity index (χ4n) is 8.41. The van der Waals surface area contributed by atoms with Crippen molar-refractivity contribution in [2.45, 2.75) is 101 Å². The Kier molecular flexibility index (Phi) is 8.40. The smallest absolute Gasteiger partial charge is 0.315 e. The predicted octanol–water partition coefficient (Wildman–Crippen LogP) is 7.93. The molecule has 5 nitrogen and oxygen atoms in total. The van der Waals surface area contributed by atoms with E-state index < -0.39 is 0 Å². The number of hydrogen-bond acceptors (Lipinski definition) is 3. The molecule has 4 aliphatic rings. The number of carbonyl (C=O) groups is 2. The van der Waals surface area contributed by atoms with Crippen molar-refractivity contribution >= 4 is 22.6 Å². The summed E-state index contributed by atoms with van der Waals surface area (Å²) in [5.41, 5.74) is 11.4. The van der Waals surface area contributed by atoms with Gasteiger partial charge in [0.15, 0.2) is 5.78 Å². The second kappa shape index (κ2) is 12.2. The molecule has 0 aliphatic heterocycles. The number of urea groups is 1. The van der Waals surface area contributed by atoms with Gasteiger partial charge in [0.05, 0.1) is 6.04 Å². The zero-order valence-corrected chi connectivity index (χ0v) is 25.3. The van der Waals surface area contributed by atoms with Crippen LogP contribution in [0.25, 0.3) is 10.8 Å². The summed E-state index contributed by atoms with van der Waals surface area (Å²) in [6.07, 6.45) is 11.4. The Hall–Kier alpha value is -3.18. The van der Waals surface area contributed by atoms with E-state index in [1.165, 1.54) is 48.4 Å². The summed E-state index contributed by atoms with van der Waals surface area (Å²) in [5, 5.41) is 8.65. The Morgan fingerprint density at radius 2 is 1.76 bits per heavy atom. The average molecular weight is 566 g/mol. The SMILES string of the molecule is CCCC(=O)c1ccc2c(c1)[C@H]1CC[C@@H]3CC231.C[C@H](NC(=O)NC1CCC(CCN)CC1)c1cccc2ccccc12. The molecule has 0 bridgehead atoms. The third-order valence-electron chi connectivity index (χ3n) is 10.7. The molecule has 3 fully saturated rings. The van der Waals surface area contributed by atoms with Crippen molar-refractivity contribution in [2.24, 2.45) is 17.6 Å². The van der Waals surface area contributed by atoms with Crippen molar-refractivity contribution < 1.29 is 9.59 Å². The fourth-order valence-corrected chi connectivity index (χ4v) is 8.41. The van der Waals surface area contributed by atoms with Crippen LogP contribution < -0.4 is 16.4 Å². The number of nitrogens with one attached hydrogen (secondary N) is 2. The molecule has 7 rings (SSSR count). The lowest BCUT2D eigenvalue weighted by molar-refractivity contribution is 0.0981. The lowest BCUT2D eigenvalue weighted by Gasteiger charge is -2.38. The van der Waals surface area contributed by atoms with Crippen LogP contribution in [0.3, 0.4) is 0 Å². The van der Waals surface area contributed by atoms with E-state index in [0.717, 1.165) is 61.1 Å². The number of fused-ring (bicyclic) bond motifs is 3. The van der Waals surface area contributed by atoms with Crippen LogP contribution in [0.4, 0.5) is 4.79 Å². The first-order valence-electron chi connectivity index (χ1n) is 16.4. The van der Waals surface area contributed by atoms with Gasteiger partial charge < -0.3 is 16.4 Å². The molecule has 1 spiro atoms. The van der Waals surface area contributed by atoms with Gasteiger partial charge in [0.25, 0.3) is 0 Å². The highest BCUT2D eigenvalue weighted by molar-refractivity contribution is 5.96. The number of rotatable bonds is 8. The van der Waals surface area contributed by atoms with E-state index in [0.29, 0.717) is 17.6 Å². The fraction of sp³-hybridized carbons (Fsp3) is 0.514. The number of carbonyl (C=O) groups excluding carboxylic acids is 2. The van der Waals surface area contributed by atoms with Gasteiger partial charge in [-0.15, -0.1) is 0 Å². The largest absolute Gasteiger partial charge is 0.335 e. The molecule has 4 N–H and O–H groups in total. The van der Waals surface area contributed by atoms with E-state index in [2.05, 4.69) is 60.0 Å². The predicted molar refractivity (Wildman–Crippen MR) is 171 cm³/mol. The first kappa shape index (κ1) is 28.9. The number of Topliss-reactive ketones (excluding diaryl/α,β-unsaturated/α-hetero) is 1. The molecule has 222 valence electrons. The monoisotopic (exact) mass is 565 g/mol. The summed E-state index contributed by atoms with van der Waals surface area (Å²) < 4.78 is 0. The van der Waals surface area contributed by atoms with E-state index in [9.17, 15) is 9.59 Å². The highest BCUT2D eigenvalue weighted by Crippen LogP contribution is 2.77. The van der Waals surface area contributed by atoms with Gasteiger partial charge in [-0.1, -0.05) is 61.5 Å². The molecule has 3 aromatic rings. The molecule has 0 saturated heterocycles. The van der Waals surface area contributed by atoms with Crippen molar-refractivity contribution in [2.75, 3.05) is 6.54 Å². The Morgan fingerprint density at radius 3 is 2.52 bits per heavy atom. The van der Waals surface area contributed by atoms with Gasteiger partial charge >= 0.3 is 6.03 Å². The first-order chi connectivity index (χ1) is 20.4. The van der Waals surface area contributed by atoms with Crippen molar-refractivity contribution in [1.82, 2.24) is 10.6 Å². The summed E-state index contributed by atoms with van der Waals surface area (Å²) in [6, 6.07) is 21.2. The third kappa shape index (κ3) is 5.48. The Bertz CT molecular complexity index is 1440. The second-order valence-corrected chi connectivity index (χ2v) is 13.2. The molecule has 0 radical (unpaired) electrons. The van der Waals surface area contributed by atoms with Crippen LogP contribution >= 0.6 is 0 Å². The molecular weight excluding hydrogens is 518 g/mol. The molecule has 4 aliphatic carbocycles. The van der Waals surface area contributed by atoms with E-state index in [1.807, 2.05) is 25.1 Å². The molecule has 2 amide bonds. The zero-order valence-electron chi connectivity index (χ0n) is 25.3. The average Bonchev–Trinajstić information content (AvgIpc) is 3.67. The standard InChI is InChI=1S/C21H29N3O.C16H18O/c1-15(19-8-4-6-17-5-2-3-7-20(17)19)23-21(25)24-18-11-9-16(10-12-18)13-14-22;1-2-3-15(17)10-4-6-13-12(8-10)14-7-5-11-9-16(11,13)14/h2-8,15-16,18H,9-14,22H2,1H3,(H2,23,24,25);4,6,8,11,14H,2-3,5,7,9H2,1H3/t15-,16?,18?;11-,14-,16?/m01/s1. The minimum atomic E-state index is -0.0669. The number of ketones is 1. The molecule has 42 heavy (non-hydrogen) atoms. The van der Waals surface area contributed by atoms with E-state index >= 15 is 0 Å². The molecule has 3 aromatic carbocycles. The summed E-state index contributed by atoms with van der Waals surface area (Å²) in [4.78, 5) is 24.3. The second-order valence-electron chi connectivity index (χ2n) is 13.2. The van der Waals surface area contributed by atoms with Gasteiger partial charge in [-0.05, 0) is 123 Å². The number of nitrogens with two attached hydrogens (primary N) is 1. The topological polar surface area (TPSA) is 84.2 Å². The maximum Gasteiger partial charge on any atom is 0.315 e. The third-order valence-corrected chi connectivity index (χ3v) is 10.7. The van der Waals surface area contributed by atoms with Gasteiger partial charge in [0.2, 0.25) is 0 Å². The minimum absolute atomic E-state index is 0.0281. The van der Waals surface area contributed by atoms with Crippen molar-refractivity contribution in [1.29, 1.82) is 0 Å². The maximum atomic E-state index is 12.4. The highest BCUT2D eigenvalue weighted by Gasteiger charge is 2.69. The van der Waals surface area contributed by atoms with Crippen LogP contribution in [0.5, 0.6) is 0 Å². The van der Waals surface area contributed by atoms with Crippen LogP contribution in [0.1, 0.15) is 117 Å². The molecule has 3 saturated carbocycles. The van der Waals surface area contributed by atoms with Gasteiger partial charge in [0, 0.05) is 23.4 Å². The van der Waals surface area contributed by atoms with Crippen LogP contribution in [0.15, 0.2) is 60.7 Å². The van der Waals surface area contributed by atoms with Crippen molar-refractivity contribution in [3.63, 3.8) is 0 Å². The Balaban J connectivity index is 0.000000160. The molecule has 0 heterocycles. The van der Waals surface area contributed by atoms with Crippen LogP contribution in [-0.4, -0.2) is 24.4 Å². The van der Waals surface area contributed by atoms with Gasteiger partial charge in [-0.25, -0.2) is 4.79 Å². The van der Waals surface area contributed by atoms with E-state index in [1.54, 1.807) is 5.56 Å². The molecular formula is C37H47N3O2. The van der Waals surface area contributed by atoms with Crippen LogP contribution in [-0.2, 0) is 5.41 Å². The van der Waals surface area contributed by atoms with Gasteiger partial charge in [0.1, 0.15) is 0 Å². The highest BCUT2D eigenvalue weighted by atomic mass is 16.2.